The third kappa shape index (κ3) is 2.78. The second-order valence-corrected chi connectivity index (χ2v) is 4.90. The molecule has 0 fully saturated rings. The van der Waals surface area contributed by atoms with Gasteiger partial charge in [0.25, 0.3) is 5.91 Å². The van der Waals surface area contributed by atoms with E-state index in [2.05, 4.69) is 5.32 Å². The molecule has 0 aliphatic rings. The summed E-state index contributed by atoms with van der Waals surface area (Å²) in [4.78, 5) is 23.1. The zero-order chi connectivity index (χ0) is 13.1. The Hall–Kier alpha value is -1.65. The first-order valence-corrected chi connectivity index (χ1v) is 6.54. The summed E-state index contributed by atoms with van der Waals surface area (Å²) < 4.78 is 0. The Kier molecular flexibility index (Phi) is 3.79. The predicted molar refractivity (Wildman–Crippen MR) is 73.7 cm³/mol. The van der Waals surface area contributed by atoms with Crippen LogP contribution in [-0.4, -0.2) is 11.7 Å². The van der Waals surface area contributed by atoms with E-state index in [1.54, 1.807) is 29.6 Å². The van der Waals surface area contributed by atoms with Crippen LogP contribution in [0, 0.1) is 0 Å². The first-order chi connectivity index (χ1) is 8.58. The van der Waals surface area contributed by atoms with Gasteiger partial charge in [-0.05, 0) is 36.6 Å². The quantitative estimate of drug-likeness (QED) is 0.867. The van der Waals surface area contributed by atoms with E-state index in [1.807, 2.05) is 5.38 Å². The number of carbonyl (C=O) groups excluding carboxylic acids is 2. The minimum atomic E-state index is -0.237. The maximum atomic E-state index is 11.9. The molecule has 5 heteroatoms. The van der Waals surface area contributed by atoms with Crippen LogP contribution in [0.2, 0.25) is 5.02 Å². The van der Waals surface area contributed by atoms with Crippen molar-refractivity contribution >= 4 is 40.3 Å². The minimum Gasteiger partial charge on any atom is -0.321 e. The zero-order valence-corrected chi connectivity index (χ0v) is 11.1. The van der Waals surface area contributed by atoms with Crippen LogP contribution in [0.5, 0.6) is 0 Å². The lowest BCUT2D eigenvalue weighted by Gasteiger charge is -2.07. The lowest BCUT2D eigenvalue weighted by molar-refractivity contribution is 0.101. The fourth-order valence-electron chi connectivity index (χ4n) is 1.43. The molecule has 0 spiro atoms. The average Bonchev–Trinajstić information content (AvgIpc) is 2.85. The van der Waals surface area contributed by atoms with E-state index < -0.39 is 0 Å². The lowest BCUT2D eigenvalue weighted by atomic mass is 10.1. The van der Waals surface area contributed by atoms with E-state index in [0.717, 1.165) is 0 Å². The molecule has 0 saturated carbocycles. The summed E-state index contributed by atoms with van der Waals surface area (Å²) in [5, 5.41) is 6.67. The van der Waals surface area contributed by atoms with Crippen molar-refractivity contribution in [1.82, 2.24) is 0 Å². The molecule has 0 aliphatic carbocycles. The Morgan fingerprint density at radius 2 is 2.00 bits per heavy atom. The number of rotatable bonds is 3. The maximum Gasteiger partial charge on any atom is 0.256 e. The summed E-state index contributed by atoms with van der Waals surface area (Å²) >= 11 is 7.43. The Balaban J connectivity index is 2.26. The number of hydrogen-bond acceptors (Lipinski definition) is 3. The summed E-state index contributed by atoms with van der Waals surface area (Å²) in [6, 6.07) is 6.53. The minimum absolute atomic E-state index is 0.0716. The number of amides is 1. The first-order valence-electron chi connectivity index (χ1n) is 5.22. The number of thiophene rings is 1. The Labute approximate surface area is 113 Å². The summed E-state index contributed by atoms with van der Waals surface area (Å²) in [5.41, 5.74) is 1.53. The number of hydrogen-bond donors (Lipinski definition) is 1. The normalized spacial score (nSPS) is 10.1. The molecule has 1 aromatic carbocycles. The van der Waals surface area contributed by atoms with Crippen molar-refractivity contribution in [2.75, 3.05) is 5.32 Å². The highest BCUT2D eigenvalue weighted by molar-refractivity contribution is 7.08. The molecule has 0 bridgehead atoms. The van der Waals surface area contributed by atoms with Crippen LogP contribution < -0.4 is 5.32 Å². The fourth-order valence-corrected chi connectivity index (χ4v) is 2.23. The van der Waals surface area contributed by atoms with Gasteiger partial charge >= 0.3 is 0 Å². The highest BCUT2D eigenvalue weighted by atomic mass is 35.5. The average molecular weight is 280 g/mol. The molecular weight excluding hydrogens is 270 g/mol. The second kappa shape index (κ2) is 5.33. The molecule has 1 aromatic heterocycles. The molecule has 3 nitrogen and oxygen atoms in total. The summed E-state index contributed by atoms with van der Waals surface area (Å²) in [6.45, 7) is 1.47. The van der Waals surface area contributed by atoms with E-state index in [4.69, 9.17) is 11.6 Å². The van der Waals surface area contributed by atoms with Gasteiger partial charge in [-0.2, -0.15) is 11.3 Å². The van der Waals surface area contributed by atoms with E-state index in [0.29, 0.717) is 21.8 Å². The number of ketones is 1. The summed E-state index contributed by atoms with van der Waals surface area (Å²) in [6.07, 6.45) is 0. The van der Waals surface area contributed by atoms with Gasteiger partial charge in [0, 0.05) is 10.9 Å². The van der Waals surface area contributed by atoms with Gasteiger partial charge in [0.1, 0.15) is 0 Å². The number of nitrogens with one attached hydrogen (secondary N) is 1. The Morgan fingerprint density at radius 1 is 1.22 bits per heavy atom. The van der Waals surface area contributed by atoms with Crippen LogP contribution in [0.3, 0.4) is 0 Å². The van der Waals surface area contributed by atoms with Crippen LogP contribution in [-0.2, 0) is 0 Å². The van der Waals surface area contributed by atoms with Crippen LogP contribution in [0.4, 0.5) is 5.69 Å². The van der Waals surface area contributed by atoms with Crippen molar-refractivity contribution < 1.29 is 9.59 Å². The van der Waals surface area contributed by atoms with E-state index in [-0.39, 0.29) is 11.7 Å². The summed E-state index contributed by atoms with van der Waals surface area (Å²) in [7, 11) is 0. The molecule has 0 radical (unpaired) electrons. The van der Waals surface area contributed by atoms with Gasteiger partial charge in [-0.15, -0.1) is 0 Å². The van der Waals surface area contributed by atoms with E-state index >= 15 is 0 Å². The smallest absolute Gasteiger partial charge is 0.256 e. The molecule has 2 aromatic rings. The largest absolute Gasteiger partial charge is 0.321 e. The Morgan fingerprint density at radius 3 is 2.61 bits per heavy atom. The molecule has 1 N–H and O–H groups in total. The van der Waals surface area contributed by atoms with Gasteiger partial charge in [-0.25, -0.2) is 0 Å². The number of halogens is 1. The van der Waals surface area contributed by atoms with Crippen molar-refractivity contribution in [2.45, 2.75) is 6.92 Å². The van der Waals surface area contributed by atoms with Gasteiger partial charge in [0.2, 0.25) is 0 Å². The highest BCUT2D eigenvalue weighted by Crippen LogP contribution is 2.24. The zero-order valence-electron chi connectivity index (χ0n) is 9.57. The van der Waals surface area contributed by atoms with Gasteiger partial charge in [0.05, 0.1) is 16.3 Å². The number of Topliss-reactive ketones (excluding diaryl/α,β-unsaturated/α-hetero) is 1. The van der Waals surface area contributed by atoms with Crippen LogP contribution in [0.25, 0.3) is 0 Å². The highest BCUT2D eigenvalue weighted by Gasteiger charge is 2.10. The third-order valence-electron chi connectivity index (χ3n) is 2.40. The predicted octanol–water partition coefficient (Wildman–Crippen LogP) is 3.86. The molecule has 0 saturated heterocycles. The molecule has 2 rings (SSSR count). The molecule has 18 heavy (non-hydrogen) atoms. The van der Waals surface area contributed by atoms with Crippen molar-refractivity contribution in [3.63, 3.8) is 0 Å². The molecule has 1 amide bonds. The molecule has 0 atom stereocenters. The van der Waals surface area contributed by atoms with Crippen molar-refractivity contribution in [3.8, 4) is 0 Å². The topological polar surface area (TPSA) is 46.2 Å². The lowest BCUT2D eigenvalue weighted by Crippen LogP contribution is -2.11. The van der Waals surface area contributed by atoms with E-state index in [1.165, 1.54) is 18.3 Å². The third-order valence-corrected chi connectivity index (χ3v) is 3.42. The van der Waals surface area contributed by atoms with Gasteiger partial charge in [0.15, 0.2) is 5.78 Å². The molecule has 0 aliphatic heterocycles. The van der Waals surface area contributed by atoms with Crippen molar-refractivity contribution in [1.29, 1.82) is 0 Å². The van der Waals surface area contributed by atoms with Gasteiger partial charge < -0.3 is 5.32 Å². The fraction of sp³-hybridized carbons (Fsp3) is 0.0769. The van der Waals surface area contributed by atoms with Crippen LogP contribution in [0.1, 0.15) is 27.6 Å². The van der Waals surface area contributed by atoms with Gasteiger partial charge in [-0.1, -0.05) is 11.6 Å². The molecule has 0 unspecified atom stereocenters. The standard InChI is InChI=1S/C13H10ClNO2S/c1-8(16)9-2-3-11(14)12(6-9)15-13(17)10-4-5-18-7-10/h2-7H,1H3,(H,15,17). The van der Waals surface area contributed by atoms with Gasteiger partial charge in [-0.3, -0.25) is 9.59 Å². The second-order valence-electron chi connectivity index (χ2n) is 3.72. The molecule has 92 valence electrons. The summed E-state index contributed by atoms with van der Waals surface area (Å²) in [5.74, 6) is -0.309. The van der Waals surface area contributed by atoms with Crippen molar-refractivity contribution in [3.05, 3.63) is 51.2 Å². The first kappa shape index (κ1) is 12.8. The SMILES string of the molecule is CC(=O)c1ccc(Cl)c(NC(=O)c2ccsc2)c1. The number of anilines is 1. The number of benzene rings is 1. The van der Waals surface area contributed by atoms with Crippen LogP contribution in [0.15, 0.2) is 35.0 Å². The maximum absolute atomic E-state index is 11.9. The Bertz CT molecular complexity index is 593. The van der Waals surface area contributed by atoms with Crippen LogP contribution >= 0.6 is 22.9 Å². The van der Waals surface area contributed by atoms with Crippen molar-refractivity contribution in [2.24, 2.45) is 0 Å². The monoisotopic (exact) mass is 279 g/mol. The number of carbonyl (C=O) groups is 2. The molecule has 1 heterocycles. The van der Waals surface area contributed by atoms with E-state index in [9.17, 15) is 9.59 Å². The molecular formula is C13H10ClNO2S.